The van der Waals surface area contributed by atoms with Gasteiger partial charge in [-0.2, -0.15) is 0 Å². The van der Waals surface area contributed by atoms with Crippen LogP contribution >= 0.6 is 0 Å². The Hall–Kier alpha value is -3.98. The Labute approximate surface area is 237 Å². The van der Waals surface area contributed by atoms with Gasteiger partial charge in [-0.05, 0) is 81.2 Å². The second-order valence-corrected chi connectivity index (χ2v) is 7.99. The minimum absolute atomic E-state index is 0. The second-order valence-electron chi connectivity index (χ2n) is 7.99. The summed E-state index contributed by atoms with van der Waals surface area (Å²) >= 11 is 0. The smallest absolute Gasteiger partial charge is 0.150 e. The fraction of sp³-hybridized carbons (Fsp3) is 0.281. The molecule has 0 spiro atoms. The summed E-state index contributed by atoms with van der Waals surface area (Å²) in [5, 5.41) is 4.15. The van der Waals surface area contributed by atoms with Crippen LogP contribution < -0.4 is 15.8 Å². The van der Waals surface area contributed by atoms with Crippen LogP contribution in [0.5, 0.6) is 5.75 Å². The van der Waals surface area contributed by atoms with E-state index < -0.39 is 0 Å². The SMILES string of the molecule is C=C.CC.CN.CNCCc1cc2c(c(-c3ccc(F)cc3)n1)OCC2.Cc1cnc2ccc(C=O)cc2c1.O. The van der Waals surface area contributed by atoms with Crippen molar-refractivity contribution in [1.82, 2.24) is 15.3 Å². The highest BCUT2D eigenvalue weighted by atomic mass is 19.1. The summed E-state index contributed by atoms with van der Waals surface area (Å²) in [6.07, 6.45) is 4.46. The predicted molar refractivity (Wildman–Crippen MR) is 165 cm³/mol. The number of hydrogen-bond acceptors (Lipinski definition) is 6. The number of aryl methyl sites for hydroxylation is 1. The number of nitrogens with two attached hydrogens (primary N) is 1. The molecule has 0 bridgehead atoms. The van der Waals surface area contributed by atoms with E-state index in [-0.39, 0.29) is 11.3 Å². The van der Waals surface area contributed by atoms with Crippen molar-refractivity contribution in [2.45, 2.75) is 33.6 Å². The van der Waals surface area contributed by atoms with Crippen LogP contribution in [0.1, 0.15) is 41.0 Å². The predicted octanol–water partition coefficient (Wildman–Crippen LogP) is 5.52. The number of carbonyl (C=O) groups is 1. The van der Waals surface area contributed by atoms with Crippen LogP contribution in [0.2, 0.25) is 0 Å². The topological polar surface area (TPSA) is 122 Å². The number of hydrogen-bond donors (Lipinski definition) is 2. The lowest BCUT2D eigenvalue weighted by Crippen LogP contribution is -2.11. The number of nitrogens with one attached hydrogen (secondary N) is 1. The molecular formula is C32H43FN4O3. The molecule has 0 radical (unpaired) electrons. The average molecular weight is 551 g/mol. The lowest BCUT2D eigenvalue weighted by atomic mass is 10.0. The molecule has 1 aliphatic rings. The van der Waals surface area contributed by atoms with Crippen molar-refractivity contribution in [3.05, 3.63) is 102 Å². The van der Waals surface area contributed by atoms with E-state index in [1.54, 1.807) is 18.2 Å². The lowest BCUT2D eigenvalue weighted by molar-refractivity contribution is 0.112. The Balaban J connectivity index is 0.000000662. The van der Waals surface area contributed by atoms with Crippen LogP contribution in [0.15, 0.2) is 74.0 Å². The number of fused-ring (bicyclic) bond motifs is 2. The van der Waals surface area contributed by atoms with Gasteiger partial charge in [-0.25, -0.2) is 9.37 Å². The van der Waals surface area contributed by atoms with Gasteiger partial charge in [-0.15, -0.1) is 13.2 Å². The quantitative estimate of drug-likeness (QED) is 0.249. The molecule has 0 amide bonds. The van der Waals surface area contributed by atoms with Crippen LogP contribution in [-0.2, 0) is 12.8 Å². The zero-order chi connectivity index (χ0) is 29.2. The highest BCUT2D eigenvalue weighted by Crippen LogP contribution is 2.36. The van der Waals surface area contributed by atoms with Crippen molar-refractivity contribution in [3.63, 3.8) is 0 Å². The third-order valence-corrected chi connectivity index (χ3v) is 5.45. The van der Waals surface area contributed by atoms with Gasteiger partial charge in [0.2, 0.25) is 0 Å². The molecule has 40 heavy (non-hydrogen) atoms. The number of ether oxygens (including phenoxy) is 1. The number of pyridine rings is 2. The van der Waals surface area contributed by atoms with E-state index in [2.05, 4.69) is 35.3 Å². The second kappa shape index (κ2) is 20.0. The zero-order valence-electron chi connectivity index (χ0n) is 24.3. The molecule has 0 unspecified atom stereocenters. The Morgan fingerprint density at radius 1 is 1.07 bits per heavy atom. The molecule has 3 heterocycles. The molecular weight excluding hydrogens is 507 g/mol. The van der Waals surface area contributed by atoms with Crippen LogP contribution in [0, 0.1) is 12.7 Å². The third kappa shape index (κ3) is 10.3. The summed E-state index contributed by atoms with van der Waals surface area (Å²) in [6.45, 7) is 13.6. The monoisotopic (exact) mass is 550 g/mol. The first-order chi connectivity index (χ1) is 19.1. The fourth-order valence-electron chi connectivity index (χ4n) is 3.77. The normalized spacial score (nSPS) is 10.3. The number of likely N-dealkylation sites (N-methyl/N-ethyl adjacent to an activating group) is 1. The molecule has 5 N–H and O–H groups in total. The largest absolute Gasteiger partial charge is 0.491 e. The molecule has 8 heteroatoms. The highest BCUT2D eigenvalue weighted by Gasteiger charge is 2.20. The maximum atomic E-state index is 13.1. The first-order valence-corrected chi connectivity index (χ1v) is 13.0. The van der Waals surface area contributed by atoms with E-state index in [9.17, 15) is 9.18 Å². The maximum absolute atomic E-state index is 13.1. The number of nitrogens with zero attached hydrogens (tertiary/aromatic N) is 2. The summed E-state index contributed by atoms with van der Waals surface area (Å²) in [5.74, 6) is 0.613. The van der Waals surface area contributed by atoms with Gasteiger partial charge in [0.1, 0.15) is 23.5 Å². The third-order valence-electron chi connectivity index (χ3n) is 5.45. The van der Waals surface area contributed by atoms with Gasteiger partial charge in [0.05, 0.1) is 12.1 Å². The van der Waals surface area contributed by atoms with Gasteiger partial charge in [0.25, 0.3) is 0 Å². The number of benzene rings is 2. The van der Waals surface area contributed by atoms with Crippen molar-refractivity contribution in [1.29, 1.82) is 0 Å². The van der Waals surface area contributed by atoms with E-state index in [1.165, 1.54) is 24.7 Å². The molecule has 5 rings (SSSR count). The molecule has 0 saturated heterocycles. The summed E-state index contributed by atoms with van der Waals surface area (Å²) in [6, 6.07) is 16.0. The van der Waals surface area contributed by atoms with Gasteiger partial charge >= 0.3 is 0 Å². The van der Waals surface area contributed by atoms with Crippen LogP contribution in [0.25, 0.3) is 22.2 Å². The number of aldehydes is 1. The molecule has 0 fully saturated rings. The molecule has 216 valence electrons. The molecule has 7 nitrogen and oxygen atoms in total. The van der Waals surface area contributed by atoms with Crippen molar-refractivity contribution < 1.29 is 19.4 Å². The summed E-state index contributed by atoms with van der Waals surface area (Å²) in [4.78, 5) is 19.4. The van der Waals surface area contributed by atoms with Crippen molar-refractivity contribution in [3.8, 4) is 17.0 Å². The first-order valence-electron chi connectivity index (χ1n) is 13.0. The van der Waals surface area contributed by atoms with Gasteiger partial charge in [0, 0.05) is 53.4 Å². The van der Waals surface area contributed by atoms with Crippen LogP contribution in [0.3, 0.4) is 0 Å². The van der Waals surface area contributed by atoms with Crippen molar-refractivity contribution in [2.75, 3.05) is 27.2 Å². The van der Waals surface area contributed by atoms with E-state index in [0.29, 0.717) is 12.2 Å². The highest BCUT2D eigenvalue weighted by molar-refractivity contribution is 5.86. The Kier molecular flexibility index (Phi) is 18.0. The lowest BCUT2D eigenvalue weighted by Gasteiger charge is -2.10. The van der Waals surface area contributed by atoms with E-state index in [0.717, 1.165) is 64.8 Å². The minimum atomic E-state index is -0.238. The van der Waals surface area contributed by atoms with Gasteiger partial charge in [-0.3, -0.25) is 9.78 Å². The molecule has 0 saturated carbocycles. The van der Waals surface area contributed by atoms with Crippen molar-refractivity contribution >= 4 is 17.2 Å². The Morgan fingerprint density at radius 3 is 2.38 bits per heavy atom. The Morgan fingerprint density at radius 2 is 1.75 bits per heavy atom. The molecule has 4 aromatic rings. The molecule has 0 atom stereocenters. The molecule has 2 aromatic heterocycles. The molecule has 0 aliphatic carbocycles. The minimum Gasteiger partial charge on any atom is -0.491 e. The van der Waals surface area contributed by atoms with Gasteiger partial charge < -0.3 is 21.3 Å². The standard InChI is InChI=1S/C16H17FN2O.C11H9NO.C2H6.C2H4.CH5N.H2O/c1-18-8-6-14-10-12-7-9-20-16(12)15(19-14)11-2-4-13(17)5-3-11;1-8-4-10-5-9(7-13)2-3-11(10)12-6-8;3*1-2;/h2-5,10,18H,6-9H2,1H3;2-7H,1H3;1-2H3;1-2H2;2H2,1H3;1H2. The maximum Gasteiger partial charge on any atom is 0.150 e. The van der Waals surface area contributed by atoms with E-state index in [4.69, 9.17) is 9.72 Å². The number of rotatable bonds is 5. The Bertz CT molecular complexity index is 1300. The summed E-state index contributed by atoms with van der Waals surface area (Å²) in [7, 11) is 3.43. The van der Waals surface area contributed by atoms with Crippen LogP contribution in [-0.4, -0.2) is 49.0 Å². The van der Waals surface area contributed by atoms with E-state index >= 15 is 0 Å². The molecule has 1 aliphatic heterocycles. The first kappa shape index (κ1) is 36.0. The number of halogens is 1. The summed E-state index contributed by atoms with van der Waals surface area (Å²) < 4.78 is 18.8. The average Bonchev–Trinajstić information content (AvgIpc) is 3.48. The van der Waals surface area contributed by atoms with Gasteiger partial charge in [-0.1, -0.05) is 13.8 Å². The zero-order valence-corrected chi connectivity index (χ0v) is 24.3. The molecule has 2 aromatic carbocycles. The fourth-order valence-corrected chi connectivity index (χ4v) is 3.77. The van der Waals surface area contributed by atoms with Crippen LogP contribution in [0.4, 0.5) is 4.39 Å². The van der Waals surface area contributed by atoms with E-state index in [1.807, 2.05) is 52.2 Å². The number of carbonyl (C=O) groups excluding carboxylic acids is 1. The summed E-state index contributed by atoms with van der Waals surface area (Å²) in [5.41, 5.74) is 11.2. The number of aromatic nitrogens is 2. The van der Waals surface area contributed by atoms with Gasteiger partial charge in [0.15, 0.2) is 0 Å². The van der Waals surface area contributed by atoms with Crippen molar-refractivity contribution in [2.24, 2.45) is 5.73 Å².